The Morgan fingerprint density at radius 2 is 1.71 bits per heavy atom. The number of hydrogen-bond donors (Lipinski definition) is 1. The van der Waals surface area contributed by atoms with Crippen molar-refractivity contribution >= 4 is 45.4 Å². The summed E-state index contributed by atoms with van der Waals surface area (Å²) in [5.74, 6) is 1.18. The second kappa shape index (κ2) is 7.30. The van der Waals surface area contributed by atoms with Gasteiger partial charge in [0.15, 0.2) is 5.13 Å². The molecule has 2 aromatic carbocycles. The van der Waals surface area contributed by atoms with Gasteiger partial charge in [-0.1, -0.05) is 35.3 Å². The number of methoxy groups -OCH3 is 2. The van der Waals surface area contributed by atoms with Gasteiger partial charge in [-0.3, -0.25) is 0 Å². The topological polar surface area (TPSA) is 43.4 Å². The predicted molar refractivity (Wildman–Crippen MR) is 100 cm³/mol. The van der Waals surface area contributed by atoms with E-state index in [-0.39, 0.29) is 0 Å². The molecule has 0 saturated carbocycles. The summed E-state index contributed by atoms with van der Waals surface area (Å²) in [6, 6.07) is 11.0. The van der Waals surface area contributed by atoms with Gasteiger partial charge in [-0.05, 0) is 12.1 Å². The van der Waals surface area contributed by atoms with E-state index in [1.54, 1.807) is 26.4 Å². The number of benzene rings is 2. The number of ether oxygens (including phenoxy) is 2. The van der Waals surface area contributed by atoms with Gasteiger partial charge in [0, 0.05) is 28.1 Å². The Kier molecular flexibility index (Phi) is 5.14. The van der Waals surface area contributed by atoms with Crippen molar-refractivity contribution in [3.05, 3.63) is 51.8 Å². The largest absolute Gasteiger partial charge is 0.495 e. The van der Waals surface area contributed by atoms with Gasteiger partial charge in [0.25, 0.3) is 0 Å². The molecule has 0 fully saturated rings. The fourth-order valence-corrected chi connectivity index (χ4v) is 3.25. The highest BCUT2D eigenvalue weighted by Gasteiger charge is 2.12. The quantitative estimate of drug-likeness (QED) is 0.600. The molecule has 124 valence electrons. The summed E-state index contributed by atoms with van der Waals surface area (Å²) in [5.41, 5.74) is 2.61. The van der Waals surface area contributed by atoms with Crippen LogP contribution in [0.25, 0.3) is 11.3 Å². The molecule has 1 heterocycles. The lowest BCUT2D eigenvalue weighted by molar-refractivity contribution is 0.405. The predicted octanol–water partition coefficient (Wildman–Crippen LogP) is 5.88. The van der Waals surface area contributed by atoms with Gasteiger partial charge >= 0.3 is 0 Å². The van der Waals surface area contributed by atoms with Crippen molar-refractivity contribution in [2.75, 3.05) is 19.5 Å². The van der Waals surface area contributed by atoms with Crippen LogP contribution in [0, 0.1) is 0 Å². The van der Waals surface area contributed by atoms with E-state index in [1.165, 1.54) is 11.3 Å². The minimum Gasteiger partial charge on any atom is -0.495 e. The molecule has 24 heavy (non-hydrogen) atoms. The Balaban J connectivity index is 1.88. The van der Waals surface area contributed by atoms with E-state index in [0.29, 0.717) is 21.5 Å². The van der Waals surface area contributed by atoms with E-state index in [4.69, 9.17) is 32.7 Å². The van der Waals surface area contributed by atoms with Crippen molar-refractivity contribution in [1.82, 2.24) is 4.98 Å². The van der Waals surface area contributed by atoms with E-state index < -0.39 is 0 Å². The molecule has 3 aromatic rings. The SMILES string of the molecule is COc1cc(Nc2nc(-c3ccc(Cl)cc3)cs2)c(OC)cc1Cl. The third-order valence-corrected chi connectivity index (χ3v) is 4.66. The van der Waals surface area contributed by atoms with Gasteiger partial charge in [0.1, 0.15) is 11.5 Å². The van der Waals surface area contributed by atoms with Crippen LogP contribution < -0.4 is 14.8 Å². The van der Waals surface area contributed by atoms with Crippen molar-refractivity contribution < 1.29 is 9.47 Å². The Bertz CT molecular complexity index is 850. The molecule has 0 unspecified atom stereocenters. The third-order valence-electron chi connectivity index (χ3n) is 3.36. The number of thiazole rings is 1. The highest BCUT2D eigenvalue weighted by atomic mass is 35.5. The standard InChI is InChI=1S/C17H14Cl2N2O2S/c1-22-15-8-13(16(23-2)7-12(15)19)20-17-21-14(9-24-17)10-3-5-11(18)6-4-10/h3-9H,1-2H3,(H,20,21). The zero-order valence-electron chi connectivity index (χ0n) is 13.0. The maximum atomic E-state index is 6.12. The first-order chi connectivity index (χ1) is 11.6. The van der Waals surface area contributed by atoms with Gasteiger partial charge in [-0.25, -0.2) is 4.98 Å². The molecule has 0 atom stereocenters. The second-order valence-corrected chi connectivity index (χ2v) is 6.56. The van der Waals surface area contributed by atoms with Gasteiger partial charge in [0.05, 0.1) is 30.6 Å². The molecule has 0 radical (unpaired) electrons. The smallest absolute Gasteiger partial charge is 0.187 e. The molecule has 0 amide bonds. The molecular formula is C17H14Cl2N2O2S. The van der Waals surface area contributed by atoms with Crippen molar-refractivity contribution in [3.63, 3.8) is 0 Å². The number of anilines is 2. The molecular weight excluding hydrogens is 367 g/mol. The maximum absolute atomic E-state index is 6.12. The van der Waals surface area contributed by atoms with Crippen molar-refractivity contribution in [1.29, 1.82) is 0 Å². The van der Waals surface area contributed by atoms with Gasteiger partial charge in [0.2, 0.25) is 0 Å². The zero-order valence-corrected chi connectivity index (χ0v) is 15.3. The number of nitrogens with zero attached hydrogens (tertiary/aromatic N) is 1. The van der Waals surface area contributed by atoms with Crippen molar-refractivity contribution in [2.45, 2.75) is 0 Å². The van der Waals surface area contributed by atoms with E-state index in [9.17, 15) is 0 Å². The lowest BCUT2D eigenvalue weighted by Gasteiger charge is -2.12. The van der Waals surface area contributed by atoms with E-state index >= 15 is 0 Å². The molecule has 0 aliphatic heterocycles. The lowest BCUT2D eigenvalue weighted by atomic mass is 10.2. The summed E-state index contributed by atoms with van der Waals surface area (Å²) in [6.07, 6.45) is 0. The maximum Gasteiger partial charge on any atom is 0.187 e. The van der Waals surface area contributed by atoms with Gasteiger partial charge in [-0.15, -0.1) is 11.3 Å². The summed E-state index contributed by atoms with van der Waals surface area (Å²) < 4.78 is 10.6. The van der Waals surface area contributed by atoms with Crippen LogP contribution in [0.3, 0.4) is 0 Å². The number of aromatic nitrogens is 1. The number of halogens is 2. The number of rotatable bonds is 5. The zero-order chi connectivity index (χ0) is 17.1. The molecule has 3 rings (SSSR count). The Hall–Kier alpha value is -1.95. The summed E-state index contributed by atoms with van der Waals surface area (Å²) in [4.78, 5) is 4.59. The monoisotopic (exact) mass is 380 g/mol. The molecule has 0 spiro atoms. The molecule has 0 aliphatic rings. The molecule has 1 aromatic heterocycles. The van der Waals surface area contributed by atoms with Crippen LogP contribution in [-0.2, 0) is 0 Å². The minimum atomic E-state index is 0.487. The first-order valence-corrected chi connectivity index (χ1v) is 8.64. The minimum absolute atomic E-state index is 0.487. The Labute approximate surface area is 154 Å². The average Bonchev–Trinajstić information content (AvgIpc) is 3.05. The average molecular weight is 381 g/mol. The first-order valence-electron chi connectivity index (χ1n) is 7.00. The van der Waals surface area contributed by atoms with Crippen LogP contribution in [0.5, 0.6) is 11.5 Å². The highest BCUT2D eigenvalue weighted by molar-refractivity contribution is 7.14. The normalized spacial score (nSPS) is 10.5. The van der Waals surface area contributed by atoms with Gasteiger partial charge in [-0.2, -0.15) is 0 Å². The van der Waals surface area contributed by atoms with Crippen molar-refractivity contribution in [2.24, 2.45) is 0 Å². The fourth-order valence-electron chi connectivity index (χ4n) is 2.16. The van der Waals surface area contributed by atoms with Crippen molar-refractivity contribution in [3.8, 4) is 22.8 Å². The summed E-state index contributed by atoms with van der Waals surface area (Å²) in [5, 5.41) is 7.15. The van der Waals surface area contributed by atoms with E-state index in [0.717, 1.165) is 22.1 Å². The molecule has 7 heteroatoms. The Morgan fingerprint density at radius 1 is 1.00 bits per heavy atom. The molecule has 0 aliphatic carbocycles. The molecule has 0 saturated heterocycles. The van der Waals surface area contributed by atoms with Crippen LogP contribution in [0.4, 0.5) is 10.8 Å². The summed E-state index contributed by atoms with van der Waals surface area (Å²) in [6.45, 7) is 0. The third kappa shape index (κ3) is 3.59. The van der Waals surface area contributed by atoms with E-state index in [1.807, 2.05) is 29.6 Å². The van der Waals surface area contributed by atoms with Gasteiger partial charge < -0.3 is 14.8 Å². The first kappa shape index (κ1) is 16.9. The highest BCUT2D eigenvalue weighted by Crippen LogP contribution is 2.38. The Morgan fingerprint density at radius 3 is 2.38 bits per heavy atom. The van der Waals surface area contributed by atoms with Crippen LogP contribution in [0.2, 0.25) is 10.0 Å². The number of nitrogens with one attached hydrogen (secondary N) is 1. The van der Waals surface area contributed by atoms with Crippen LogP contribution in [0.15, 0.2) is 41.8 Å². The lowest BCUT2D eigenvalue weighted by Crippen LogP contribution is -1.96. The van der Waals surface area contributed by atoms with Crippen LogP contribution >= 0.6 is 34.5 Å². The number of hydrogen-bond acceptors (Lipinski definition) is 5. The van der Waals surface area contributed by atoms with E-state index in [2.05, 4.69) is 10.3 Å². The molecule has 1 N–H and O–H groups in total. The second-order valence-electron chi connectivity index (χ2n) is 4.86. The molecule has 0 bridgehead atoms. The summed E-state index contributed by atoms with van der Waals surface area (Å²) in [7, 11) is 3.16. The fraction of sp³-hybridized carbons (Fsp3) is 0.118. The summed E-state index contributed by atoms with van der Waals surface area (Å²) >= 11 is 13.5. The van der Waals surface area contributed by atoms with Crippen LogP contribution in [-0.4, -0.2) is 19.2 Å². The molecule has 4 nitrogen and oxygen atoms in total. The van der Waals surface area contributed by atoms with Crippen LogP contribution in [0.1, 0.15) is 0 Å².